The van der Waals surface area contributed by atoms with Gasteiger partial charge < -0.3 is 10.1 Å². The lowest BCUT2D eigenvalue weighted by Crippen LogP contribution is -2.48. The summed E-state index contributed by atoms with van der Waals surface area (Å²) in [6, 6.07) is 0. The van der Waals surface area contributed by atoms with Crippen molar-refractivity contribution >= 4 is 23.7 Å². The Morgan fingerprint density at radius 3 is 2.81 bits per heavy atom. The molecule has 1 N–H and O–H groups in total. The normalized spacial score (nSPS) is 20.9. The van der Waals surface area contributed by atoms with Crippen molar-refractivity contribution in [3.63, 3.8) is 0 Å². The minimum Gasteiger partial charge on any atom is -0.444 e. The van der Waals surface area contributed by atoms with Gasteiger partial charge in [-0.3, -0.25) is 9.89 Å². The van der Waals surface area contributed by atoms with Gasteiger partial charge in [0.2, 0.25) is 0 Å². The van der Waals surface area contributed by atoms with Gasteiger partial charge in [0.25, 0.3) is 0 Å². The number of amides is 1. The largest absolute Gasteiger partial charge is 0.444 e. The molecule has 1 fully saturated rings. The number of hydrogen-bond acceptors (Lipinski definition) is 5. The van der Waals surface area contributed by atoms with Gasteiger partial charge in [0.15, 0.2) is 0 Å². The van der Waals surface area contributed by atoms with Gasteiger partial charge in [0, 0.05) is 13.1 Å². The molecule has 0 spiro atoms. The third-order valence-corrected chi connectivity index (χ3v) is 4.65. The maximum Gasteiger partial charge on any atom is 0.410 e. The van der Waals surface area contributed by atoms with E-state index in [1.54, 1.807) is 4.90 Å². The van der Waals surface area contributed by atoms with E-state index in [2.05, 4.69) is 10.3 Å². The van der Waals surface area contributed by atoms with Crippen molar-refractivity contribution in [1.29, 1.82) is 0 Å². The Labute approximate surface area is 131 Å². The maximum absolute atomic E-state index is 12.1. The fraction of sp³-hybridized carbons (Fsp3) is 0.867. The van der Waals surface area contributed by atoms with Crippen molar-refractivity contribution in [3.8, 4) is 0 Å². The molecule has 6 heteroatoms. The van der Waals surface area contributed by atoms with Gasteiger partial charge in [0.1, 0.15) is 11.4 Å². The van der Waals surface area contributed by atoms with E-state index in [0.717, 1.165) is 18.3 Å². The lowest BCUT2D eigenvalue weighted by Gasteiger charge is -2.30. The highest BCUT2D eigenvalue weighted by Gasteiger charge is 2.25. The highest BCUT2D eigenvalue weighted by molar-refractivity contribution is 7.99. The molecule has 2 heterocycles. The summed E-state index contributed by atoms with van der Waals surface area (Å²) in [4.78, 5) is 18.3. The summed E-state index contributed by atoms with van der Waals surface area (Å²) in [6.07, 6.45) is 2.31. The molecule has 120 valence electrons. The predicted octanol–water partition coefficient (Wildman–Crippen LogP) is 2.37. The van der Waals surface area contributed by atoms with Crippen LogP contribution < -0.4 is 5.32 Å². The van der Waals surface area contributed by atoms with Crippen LogP contribution in [0.4, 0.5) is 4.79 Å². The first kappa shape index (κ1) is 16.5. The third kappa shape index (κ3) is 5.77. The van der Waals surface area contributed by atoms with Gasteiger partial charge >= 0.3 is 6.09 Å². The molecule has 0 unspecified atom stereocenters. The summed E-state index contributed by atoms with van der Waals surface area (Å²) >= 11 is 2.04. The van der Waals surface area contributed by atoms with Gasteiger partial charge in [-0.05, 0) is 51.0 Å². The number of amidine groups is 1. The number of aliphatic imine (C=N–C) groups is 1. The molecule has 0 radical (unpaired) electrons. The number of nitrogens with one attached hydrogen (secondary N) is 1. The topological polar surface area (TPSA) is 53.9 Å². The lowest BCUT2D eigenvalue weighted by atomic mass is 10.0. The summed E-state index contributed by atoms with van der Waals surface area (Å²) in [5.41, 5.74) is -0.445. The summed E-state index contributed by atoms with van der Waals surface area (Å²) in [6.45, 7) is 8.48. The first-order valence-corrected chi connectivity index (χ1v) is 8.92. The van der Waals surface area contributed by atoms with Gasteiger partial charge in [-0.1, -0.05) is 0 Å². The van der Waals surface area contributed by atoms with Crippen molar-refractivity contribution in [3.05, 3.63) is 0 Å². The van der Waals surface area contributed by atoms with E-state index in [9.17, 15) is 4.79 Å². The molecule has 0 atom stereocenters. The van der Waals surface area contributed by atoms with Crippen LogP contribution in [0.25, 0.3) is 0 Å². The zero-order valence-corrected chi connectivity index (χ0v) is 14.2. The molecule has 0 aliphatic carbocycles. The zero-order valence-electron chi connectivity index (χ0n) is 13.4. The van der Waals surface area contributed by atoms with Gasteiger partial charge in [-0.15, -0.1) is 0 Å². The second-order valence-electron chi connectivity index (χ2n) is 6.67. The van der Waals surface area contributed by atoms with Gasteiger partial charge in [0.05, 0.1) is 13.1 Å². The second kappa shape index (κ2) is 7.38. The molecule has 1 saturated heterocycles. The van der Waals surface area contributed by atoms with Gasteiger partial charge in [-0.2, -0.15) is 11.8 Å². The Morgan fingerprint density at radius 2 is 2.14 bits per heavy atom. The minimum atomic E-state index is -0.445. The first-order valence-electron chi connectivity index (χ1n) is 7.77. The number of carbonyl (C=O) groups is 1. The average molecular weight is 313 g/mol. The monoisotopic (exact) mass is 313 g/mol. The van der Waals surface area contributed by atoms with E-state index < -0.39 is 5.60 Å². The standard InChI is InChI=1S/C15H27N3O2S/c1-15(2,3)20-14(19)18-7-6-16-13(11-18)17-10-12-4-8-21-9-5-12/h12H,4-11H2,1-3H3,(H,16,17). The Morgan fingerprint density at radius 1 is 1.43 bits per heavy atom. The molecule has 1 amide bonds. The minimum absolute atomic E-state index is 0.245. The van der Waals surface area contributed by atoms with E-state index in [1.165, 1.54) is 24.3 Å². The molecule has 2 aliphatic rings. The van der Waals surface area contributed by atoms with Crippen LogP contribution in [-0.2, 0) is 4.74 Å². The van der Waals surface area contributed by atoms with Crippen molar-refractivity contribution in [1.82, 2.24) is 10.2 Å². The predicted molar refractivity (Wildman–Crippen MR) is 88.2 cm³/mol. The molecule has 5 nitrogen and oxygen atoms in total. The van der Waals surface area contributed by atoms with Crippen LogP contribution in [0.3, 0.4) is 0 Å². The van der Waals surface area contributed by atoms with Crippen LogP contribution in [0.5, 0.6) is 0 Å². The van der Waals surface area contributed by atoms with Crippen LogP contribution in [0, 0.1) is 5.92 Å². The van der Waals surface area contributed by atoms with E-state index in [0.29, 0.717) is 19.6 Å². The Balaban J connectivity index is 1.77. The van der Waals surface area contributed by atoms with Crippen LogP contribution >= 0.6 is 11.8 Å². The number of hydrogen-bond donors (Lipinski definition) is 1. The number of ether oxygens (including phenoxy) is 1. The number of nitrogens with zero attached hydrogens (tertiary/aromatic N) is 2. The summed E-state index contributed by atoms with van der Waals surface area (Å²) in [5, 5.41) is 3.43. The van der Waals surface area contributed by atoms with Crippen LogP contribution in [0.1, 0.15) is 33.6 Å². The van der Waals surface area contributed by atoms with E-state index in [1.807, 2.05) is 32.5 Å². The summed E-state index contributed by atoms with van der Waals surface area (Å²) in [7, 11) is 0. The molecule has 0 aromatic rings. The SMILES string of the molecule is CC(C)(C)OC(=O)N1CCN=C(NCC2CCSCC2)C1. The molecule has 21 heavy (non-hydrogen) atoms. The summed E-state index contributed by atoms with van der Waals surface area (Å²) < 4.78 is 5.42. The van der Waals surface area contributed by atoms with Crippen molar-refractivity contribution in [2.75, 3.05) is 37.7 Å². The maximum atomic E-state index is 12.1. The lowest BCUT2D eigenvalue weighted by molar-refractivity contribution is 0.0276. The number of rotatable bonds is 2. The summed E-state index contributed by atoms with van der Waals surface area (Å²) in [5.74, 6) is 4.20. The highest BCUT2D eigenvalue weighted by Crippen LogP contribution is 2.21. The number of thioether (sulfide) groups is 1. The smallest absolute Gasteiger partial charge is 0.410 e. The third-order valence-electron chi connectivity index (χ3n) is 3.60. The van der Waals surface area contributed by atoms with Crippen molar-refractivity contribution < 1.29 is 9.53 Å². The molecule has 0 saturated carbocycles. The van der Waals surface area contributed by atoms with E-state index >= 15 is 0 Å². The Hall–Kier alpha value is -0.910. The van der Waals surface area contributed by atoms with Gasteiger partial charge in [-0.25, -0.2) is 4.79 Å². The fourth-order valence-electron chi connectivity index (χ4n) is 2.42. The molecule has 0 bridgehead atoms. The molecular weight excluding hydrogens is 286 g/mol. The zero-order chi connectivity index (χ0) is 15.3. The van der Waals surface area contributed by atoms with Crippen molar-refractivity contribution in [2.24, 2.45) is 10.9 Å². The quantitative estimate of drug-likeness (QED) is 0.850. The fourth-order valence-corrected chi connectivity index (χ4v) is 3.63. The molecule has 2 rings (SSSR count). The van der Waals surface area contributed by atoms with E-state index in [4.69, 9.17) is 4.74 Å². The molecule has 0 aromatic carbocycles. The van der Waals surface area contributed by atoms with Crippen LogP contribution in [-0.4, -0.2) is 60.1 Å². The first-order chi connectivity index (χ1) is 9.94. The second-order valence-corrected chi connectivity index (χ2v) is 7.89. The molecule has 0 aromatic heterocycles. The Bertz CT molecular complexity index is 387. The molecule has 2 aliphatic heterocycles. The average Bonchev–Trinajstić information content (AvgIpc) is 2.45. The molecular formula is C15H27N3O2S. The highest BCUT2D eigenvalue weighted by atomic mass is 32.2. The van der Waals surface area contributed by atoms with Crippen LogP contribution in [0.15, 0.2) is 4.99 Å². The number of carbonyl (C=O) groups excluding carboxylic acids is 1. The van der Waals surface area contributed by atoms with Crippen LogP contribution in [0.2, 0.25) is 0 Å². The van der Waals surface area contributed by atoms with E-state index in [-0.39, 0.29) is 6.09 Å². The Kier molecular flexibility index (Phi) is 5.79. The van der Waals surface area contributed by atoms with Crippen molar-refractivity contribution in [2.45, 2.75) is 39.2 Å².